The van der Waals surface area contributed by atoms with Crippen LogP contribution >= 0.6 is 11.3 Å². The van der Waals surface area contributed by atoms with E-state index in [1.165, 1.54) is 6.07 Å². The molecule has 1 heterocycles. The minimum atomic E-state index is -4.66. The number of hydrogen-bond acceptors (Lipinski definition) is 6. The molecule has 0 aliphatic rings. The standard InChI is InChI=1S/C11H7F3N2O4S/c12-11(13,14)9-6(4-17)15-10(21-9)5-1-2-7(16(19)20)8(18)3-5/h1-3,17-18H,4H2. The maximum Gasteiger partial charge on any atom is 0.427 e. The largest absolute Gasteiger partial charge is 0.502 e. The second-order valence-electron chi connectivity index (χ2n) is 3.91. The van der Waals surface area contributed by atoms with Crippen molar-refractivity contribution in [2.45, 2.75) is 12.8 Å². The molecule has 2 N–H and O–H groups in total. The van der Waals surface area contributed by atoms with Gasteiger partial charge in [0.05, 0.1) is 17.2 Å². The van der Waals surface area contributed by atoms with Crippen LogP contribution in [0.25, 0.3) is 10.6 Å². The Morgan fingerprint density at radius 3 is 2.48 bits per heavy atom. The van der Waals surface area contributed by atoms with Gasteiger partial charge in [0.15, 0.2) is 5.75 Å². The molecular formula is C11H7F3N2O4S. The van der Waals surface area contributed by atoms with Gasteiger partial charge in [0.1, 0.15) is 9.88 Å². The van der Waals surface area contributed by atoms with Gasteiger partial charge in [0.2, 0.25) is 0 Å². The zero-order valence-electron chi connectivity index (χ0n) is 10.1. The lowest BCUT2D eigenvalue weighted by Gasteiger charge is -2.03. The predicted octanol–water partition coefficient (Wildman–Crippen LogP) is 2.94. The average Bonchev–Trinajstić information content (AvgIpc) is 2.82. The zero-order chi connectivity index (χ0) is 15.8. The van der Waals surface area contributed by atoms with Crippen LogP contribution in [0.3, 0.4) is 0 Å². The predicted molar refractivity (Wildman–Crippen MR) is 66.8 cm³/mol. The van der Waals surface area contributed by atoms with Crippen LogP contribution in [0.2, 0.25) is 0 Å². The normalized spacial score (nSPS) is 11.6. The Bertz CT molecular complexity index is 699. The Kier molecular flexibility index (Phi) is 3.83. The van der Waals surface area contributed by atoms with Crippen molar-refractivity contribution in [3.05, 3.63) is 38.9 Å². The Labute approximate surface area is 119 Å². The van der Waals surface area contributed by atoms with Crippen molar-refractivity contribution in [2.75, 3.05) is 0 Å². The van der Waals surface area contributed by atoms with Crippen LogP contribution in [0.1, 0.15) is 10.6 Å². The molecule has 1 aromatic heterocycles. The van der Waals surface area contributed by atoms with Crippen LogP contribution in [0.5, 0.6) is 5.75 Å². The molecule has 21 heavy (non-hydrogen) atoms. The molecule has 0 amide bonds. The fourth-order valence-electron chi connectivity index (χ4n) is 1.61. The van der Waals surface area contributed by atoms with Crippen LogP contribution in [-0.4, -0.2) is 20.1 Å². The number of rotatable bonds is 3. The van der Waals surface area contributed by atoms with E-state index < -0.39 is 39.7 Å². The number of nitro benzene ring substituents is 1. The van der Waals surface area contributed by atoms with Crippen molar-refractivity contribution in [1.82, 2.24) is 4.98 Å². The van der Waals surface area contributed by atoms with Gasteiger partial charge >= 0.3 is 11.9 Å². The van der Waals surface area contributed by atoms with Gasteiger partial charge in [-0.1, -0.05) is 0 Å². The number of aliphatic hydroxyl groups is 1. The van der Waals surface area contributed by atoms with E-state index in [9.17, 15) is 28.4 Å². The number of aliphatic hydroxyl groups excluding tert-OH is 1. The molecule has 0 fully saturated rings. The molecule has 0 radical (unpaired) electrons. The first-order valence-corrected chi connectivity index (χ1v) is 6.21. The Hall–Kier alpha value is -2.20. The van der Waals surface area contributed by atoms with Gasteiger partial charge in [-0.2, -0.15) is 13.2 Å². The summed E-state index contributed by atoms with van der Waals surface area (Å²) in [5.74, 6) is -0.674. The molecule has 0 spiro atoms. The summed E-state index contributed by atoms with van der Waals surface area (Å²) in [6.45, 7) is -0.885. The lowest BCUT2D eigenvalue weighted by Crippen LogP contribution is -2.05. The van der Waals surface area contributed by atoms with Gasteiger partial charge in [-0.05, 0) is 12.1 Å². The van der Waals surface area contributed by atoms with Gasteiger partial charge in [-0.15, -0.1) is 11.3 Å². The number of aromatic nitrogens is 1. The summed E-state index contributed by atoms with van der Waals surface area (Å²) in [5.41, 5.74) is -0.998. The number of nitrogens with zero attached hydrogens (tertiary/aromatic N) is 2. The van der Waals surface area contributed by atoms with Gasteiger partial charge in [-0.25, -0.2) is 4.98 Å². The van der Waals surface area contributed by atoms with E-state index >= 15 is 0 Å². The van der Waals surface area contributed by atoms with Crippen molar-refractivity contribution in [3.8, 4) is 16.3 Å². The number of phenolic OH excluding ortho intramolecular Hbond substituents is 1. The van der Waals surface area contributed by atoms with E-state index in [0.29, 0.717) is 11.3 Å². The highest BCUT2D eigenvalue weighted by molar-refractivity contribution is 7.15. The first kappa shape index (κ1) is 15.2. The van der Waals surface area contributed by atoms with Crippen molar-refractivity contribution in [2.24, 2.45) is 0 Å². The molecule has 2 aromatic rings. The van der Waals surface area contributed by atoms with E-state index in [4.69, 9.17) is 5.11 Å². The van der Waals surface area contributed by atoms with Crippen LogP contribution in [-0.2, 0) is 12.8 Å². The smallest absolute Gasteiger partial charge is 0.427 e. The number of phenols is 1. The number of aromatic hydroxyl groups is 1. The summed E-state index contributed by atoms with van der Waals surface area (Å²) >= 11 is 0.290. The molecule has 112 valence electrons. The van der Waals surface area contributed by atoms with Crippen LogP contribution in [0.4, 0.5) is 18.9 Å². The molecule has 0 bridgehead atoms. The first-order valence-electron chi connectivity index (χ1n) is 5.39. The van der Waals surface area contributed by atoms with Crippen molar-refractivity contribution >= 4 is 17.0 Å². The number of nitro groups is 1. The number of alkyl halides is 3. The van der Waals surface area contributed by atoms with E-state index in [0.717, 1.165) is 12.1 Å². The van der Waals surface area contributed by atoms with E-state index in [-0.39, 0.29) is 10.6 Å². The Balaban J connectivity index is 2.50. The number of halogens is 3. The van der Waals surface area contributed by atoms with Crippen molar-refractivity contribution < 1.29 is 28.3 Å². The summed E-state index contributed by atoms with van der Waals surface area (Å²) in [7, 11) is 0. The third kappa shape index (κ3) is 2.95. The molecule has 2 rings (SSSR count). The van der Waals surface area contributed by atoms with Gasteiger partial charge < -0.3 is 10.2 Å². The minimum Gasteiger partial charge on any atom is -0.502 e. The van der Waals surface area contributed by atoms with E-state index in [1.54, 1.807) is 0 Å². The summed E-state index contributed by atoms with van der Waals surface area (Å²) in [4.78, 5) is 12.3. The third-order valence-electron chi connectivity index (χ3n) is 2.52. The monoisotopic (exact) mass is 320 g/mol. The molecule has 6 nitrogen and oxygen atoms in total. The van der Waals surface area contributed by atoms with Crippen LogP contribution in [0.15, 0.2) is 18.2 Å². The Morgan fingerprint density at radius 2 is 2.05 bits per heavy atom. The van der Waals surface area contributed by atoms with Crippen molar-refractivity contribution in [3.63, 3.8) is 0 Å². The molecule has 0 atom stereocenters. The Morgan fingerprint density at radius 1 is 1.38 bits per heavy atom. The highest BCUT2D eigenvalue weighted by atomic mass is 32.1. The summed E-state index contributed by atoms with van der Waals surface area (Å²) in [6, 6.07) is 3.11. The number of benzene rings is 1. The van der Waals surface area contributed by atoms with E-state index in [2.05, 4.69) is 4.98 Å². The quantitative estimate of drug-likeness (QED) is 0.669. The zero-order valence-corrected chi connectivity index (χ0v) is 10.9. The fourth-order valence-corrected chi connectivity index (χ4v) is 2.55. The highest BCUT2D eigenvalue weighted by Crippen LogP contribution is 2.41. The fraction of sp³-hybridized carbons (Fsp3) is 0.182. The first-order chi connectivity index (χ1) is 9.74. The van der Waals surface area contributed by atoms with E-state index in [1.807, 2.05) is 0 Å². The molecule has 1 aromatic carbocycles. The second kappa shape index (κ2) is 5.30. The number of hydrogen-bond donors (Lipinski definition) is 2. The van der Waals surface area contributed by atoms with Gasteiger partial charge in [-0.3, -0.25) is 10.1 Å². The molecule has 0 unspecified atom stereocenters. The SMILES string of the molecule is O=[N+]([O-])c1ccc(-c2nc(CO)c(C(F)(F)F)s2)cc1O. The van der Waals surface area contributed by atoms with Crippen molar-refractivity contribution in [1.29, 1.82) is 0 Å². The maximum absolute atomic E-state index is 12.7. The lowest BCUT2D eigenvalue weighted by atomic mass is 10.2. The molecule has 0 saturated heterocycles. The molecule has 0 aliphatic carbocycles. The second-order valence-corrected chi connectivity index (χ2v) is 4.91. The molecule has 10 heteroatoms. The molecule has 0 saturated carbocycles. The lowest BCUT2D eigenvalue weighted by molar-refractivity contribution is -0.385. The molecule has 0 aliphatic heterocycles. The van der Waals surface area contributed by atoms with Crippen LogP contribution < -0.4 is 0 Å². The summed E-state index contributed by atoms with van der Waals surface area (Å²) in [6.07, 6.45) is -4.66. The summed E-state index contributed by atoms with van der Waals surface area (Å²) in [5, 5.41) is 28.9. The molecular weight excluding hydrogens is 313 g/mol. The highest BCUT2D eigenvalue weighted by Gasteiger charge is 2.37. The summed E-state index contributed by atoms with van der Waals surface area (Å²) < 4.78 is 38.2. The maximum atomic E-state index is 12.7. The topological polar surface area (TPSA) is 96.5 Å². The van der Waals surface area contributed by atoms with Crippen LogP contribution in [0, 0.1) is 10.1 Å². The van der Waals surface area contributed by atoms with Gasteiger partial charge in [0.25, 0.3) is 0 Å². The van der Waals surface area contributed by atoms with Gasteiger partial charge in [0, 0.05) is 11.6 Å². The number of thiazole rings is 1. The third-order valence-corrected chi connectivity index (χ3v) is 3.72. The minimum absolute atomic E-state index is 0.0910. The average molecular weight is 320 g/mol.